The molecule has 0 radical (unpaired) electrons. The van der Waals surface area contributed by atoms with Crippen LogP contribution in [-0.2, 0) is 11.2 Å². The fourth-order valence-corrected chi connectivity index (χ4v) is 2.68. The van der Waals surface area contributed by atoms with Gasteiger partial charge < -0.3 is 5.11 Å². The number of hydrogen-bond donors (Lipinski definition) is 1. The van der Waals surface area contributed by atoms with E-state index in [1.807, 2.05) is 18.2 Å². The van der Waals surface area contributed by atoms with Gasteiger partial charge in [0.05, 0.1) is 11.6 Å². The number of aliphatic carboxylic acids is 1. The van der Waals surface area contributed by atoms with Crippen LogP contribution in [0.5, 0.6) is 0 Å². The zero-order valence-electron chi connectivity index (χ0n) is 8.90. The molecule has 1 atom stereocenters. The smallest absolute Gasteiger partial charge is 0.312 e. The van der Waals surface area contributed by atoms with Crippen LogP contribution in [0.25, 0.3) is 0 Å². The molecule has 4 heteroatoms. The van der Waals surface area contributed by atoms with Gasteiger partial charge >= 0.3 is 5.97 Å². The van der Waals surface area contributed by atoms with E-state index in [1.165, 1.54) is 9.13 Å². The molecule has 1 aromatic carbocycles. The number of benzene rings is 1. The summed E-state index contributed by atoms with van der Waals surface area (Å²) in [5.41, 5.74) is 2.96. The molecular weight excluding hydrogens is 317 g/mol. The summed E-state index contributed by atoms with van der Waals surface area (Å²) in [6.45, 7) is 2.39. The number of carboxylic acid groups (broad SMARTS) is 1. The van der Waals surface area contributed by atoms with Gasteiger partial charge in [0, 0.05) is 15.7 Å². The predicted octanol–water partition coefficient (Wildman–Crippen LogP) is 2.36. The topological polar surface area (TPSA) is 49.7 Å². The standard InChI is InChI=1S/C12H12INO2/c1-7(12(15)16)11-9-3-2-4-10(13)8(9)5-6-14-11/h2-4,7H,5-6H2,1H3,(H,15,16). The number of rotatable bonds is 2. The van der Waals surface area contributed by atoms with E-state index < -0.39 is 11.9 Å². The van der Waals surface area contributed by atoms with Crippen molar-refractivity contribution in [2.45, 2.75) is 13.3 Å². The second kappa shape index (κ2) is 4.53. The minimum absolute atomic E-state index is 0.530. The van der Waals surface area contributed by atoms with Gasteiger partial charge in [-0.2, -0.15) is 0 Å². The van der Waals surface area contributed by atoms with E-state index in [2.05, 4.69) is 27.6 Å². The monoisotopic (exact) mass is 329 g/mol. The number of nitrogens with zero attached hydrogens (tertiary/aromatic N) is 1. The third-order valence-corrected chi connectivity index (χ3v) is 3.83. The van der Waals surface area contributed by atoms with Crippen molar-refractivity contribution in [2.24, 2.45) is 10.9 Å². The van der Waals surface area contributed by atoms with Crippen LogP contribution in [0.3, 0.4) is 0 Å². The first-order chi connectivity index (χ1) is 7.61. The van der Waals surface area contributed by atoms with E-state index in [4.69, 9.17) is 5.11 Å². The average Bonchev–Trinajstić information content (AvgIpc) is 2.28. The Morgan fingerprint density at radius 1 is 1.56 bits per heavy atom. The van der Waals surface area contributed by atoms with Crippen LogP contribution in [0.4, 0.5) is 0 Å². The number of hydrogen-bond acceptors (Lipinski definition) is 2. The first-order valence-electron chi connectivity index (χ1n) is 5.16. The van der Waals surface area contributed by atoms with E-state index in [1.54, 1.807) is 6.92 Å². The number of fused-ring (bicyclic) bond motifs is 1. The highest BCUT2D eigenvalue weighted by Crippen LogP contribution is 2.24. The lowest BCUT2D eigenvalue weighted by molar-refractivity contribution is -0.138. The van der Waals surface area contributed by atoms with Gasteiger partial charge in [-0.05, 0) is 47.6 Å². The molecule has 1 aromatic rings. The summed E-state index contributed by atoms with van der Waals surface area (Å²) >= 11 is 2.29. The Balaban J connectivity index is 2.49. The van der Waals surface area contributed by atoms with Gasteiger partial charge in [0.25, 0.3) is 0 Å². The summed E-state index contributed by atoms with van der Waals surface area (Å²) in [6, 6.07) is 5.97. The van der Waals surface area contributed by atoms with E-state index in [0.717, 1.165) is 12.0 Å². The normalized spacial score (nSPS) is 16.2. The number of carbonyl (C=O) groups is 1. The molecule has 0 bridgehead atoms. The van der Waals surface area contributed by atoms with Crippen molar-refractivity contribution in [3.63, 3.8) is 0 Å². The first-order valence-corrected chi connectivity index (χ1v) is 6.24. The fourth-order valence-electron chi connectivity index (χ4n) is 1.91. The molecule has 0 fully saturated rings. The van der Waals surface area contributed by atoms with Crippen molar-refractivity contribution in [3.05, 3.63) is 32.9 Å². The summed E-state index contributed by atoms with van der Waals surface area (Å²) in [7, 11) is 0. The van der Waals surface area contributed by atoms with Gasteiger partial charge in [0.1, 0.15) is 0 Å². The van der Waals surface area contributed by atoms with E-state index in [0.29, 0.717) is 12.3 Å². The highest BCUT2D eigenvalue weighted by Gasteiger charge is 2.24. The molecule has 84 valence electrons. The minimum atomic E-state index is -0.814. The van der Waals surface area contributed by atoms with Crippen molar-refractivity contribution in [3.8, 4) is 0 Å². The largest absolute Gasteiger partial charge is 0.481 e. The van der Waals surface area contributed by atoms with E-state index in [-0.39, 0.29) is 0 Å². The third kappa shape index (κ3) is 1.98. The van der Waals surface area contributed by atoms with Crippen LogP contribution in [0.15, 0.2) is 23.2 Å². The van der Waals surface area contributed by atoms with Gasteiger partial charge in [-0.15, -0.1) is 0 Å². The van der Waals surface area contributed by atoms with Crippen molar-refractivity contribution in [2.75, 3.05) is 6.54 Å². The van der Waals surface area contributed by atoms with Crippen LogP contribution < -0.4 is 0 Å². The molecule has 1 aliphatic rings. The minimum Gasteiger partial charge on any atom is -0.481 e. The second-order valence-electron chi connectivity index (χ2n) is 3.84. The highest BCUT2D eigenvalue weighted by molar-refractivity contribution is 14.1. The molecule has 16 heavy (non-hydrogen) atoms. The van der Waals surface area contributed by atoms with Gasteiger partial charge in [-0.3, -0.25) is 9.79 Å². The molecule has 0 saturated carbocycles. The predicted molar refractivity (Wildman–Crippen MR) is 71.1 cm³/mol. The quantitative estimate of drug-likeness (QED) is 0.847. The Labute approximate surface area is 108 Å². The van der Waals surface area contributed by atoms with Crippen molar-refractivity contribution >= 4 is 34.3 Å². The first kappa shape index (κ1) is 11.6. The van der Waals surface area contributed by atoms with E-state index in [9.17, 15) is 4.79 Å². The van der Waals surface area contributed by atoms with Gasteiger partial charge in [-0.25, -0.2) is 0 Å². The lowest BCUT2D eigenvalue weighted by Gasteiger charge is -2.20. The van der Waals surface area contributed by atoms with Crippen LogP contribution in [-0.4, -0.2) is 23.3 Å². The van der Waals surface area contributed by atoms with Crippen molar-refractivity contribution in [1.82, 2.24) is 0 Å². The Kier molecular flexibility index (Phi) is 3.28. The fraction of sp³-hybridized carbons (Fsp3) is 0.333. The van der Waals surface area contributed by atoms with Crippen LogP contribution >= 0.6 is 22.6 Å². The maximum atomic E-state index is 11.0. The molecule has 1 heterocycles. The highest BCUT2D eigenvalue weighted by atomic mass is 127. The number of carboxylic acids is 1. The molecule has 1 N–H and O–H groups in total. The lowest BCUT2D eigenvalue weighted by Crippen LogP contribution is -2.26. The zero-order valence-corrected chi connectivity index (χ0v) is 11.1. The second-order valence-corrected chi connectivity index (χ2v) is 5.01. The Morgan fingerprint density at radius 2 is 2.31 bits per heavy atom. The molecule has 1 unspecified atom stereocenters. The molecule has 0 aromatic heterocycles. The molecule has 0 amide bonds. The summed E-state index contributed by atoms with van der Waals surface area (Å²) in [4.78, 5) is 15.4. The molecule has 1 aliphatic heterocycles. The lowest BCUT2D eigenvalue weighted by atomic mass is 9.91. The summed E-state index contributed by atoms with van der Waals surface area (Å²) in [6.07, 6.45) is 0.907. The number of aliphatic imine (C=N–C) groups is 1. The van der Waals surface area contributed by atoms with Crippen molar-refractivity contribution < 1.29 is 9.90 Å². The molecule has 0 saturated heterocycles. The average molecular weight is 329 g/mol. The number of halogens is 1. The van der Waals surface area contributed by atoms with Gasteiger partial charge in [-0.1, -0.05) is 12.1 Å². The van der Waals surface area contributed by atoms with E-state index >= 15 is 0 Å². The Hall–Kier alpha value is -0.910. The molecule has 3 nitrogen and oxygen atoms in total. The molecule has 0 aliphatic carbocycles. The molecule has 0 spiro atoms. The molecular formula is C12H12INO2. The Bertz CT molecular complexity index is 468. The third-order valence-electron chi connectivity index (χ3n) is 2.82. The van der Waals surface area contributed by atoms with Gasteiger partial charge in [0.2, 0.25) is 0 Å². The van der Waals surface area contributed by atoms with Crippen molar-refractivity contribution in [1.29, 1.82) is 0 Å². The summed E-state index contributed by atoms with van der Waals surface area (Å²) in [5, 5.41) is 9.05. The van der Waals surface area contributed by atoms with Crippen LogP contribution in [0.2, 0.25) is 0 Å². The maximum absolute atomic E-state index is 11.0. The SMILES string of the molecule is CC(C(=O)O)C1=NCCc2c(I)cccc21. The van der Waals surface area contributed by atoms with Crippen LogP contribution in [0, 0.1) is 9.49 Å². The zero-order chi connectivity index (χ0) is 11.7. The van der Waals surface area contributed by atoms with Gasteiger partial charge in [0.15, 0.2) is 0 Å². The Morgan fingerprint density at radius 3 is 3.00 bits per heavy atom. The summed E-state index contributed by atoms with van der Waals surface area (Å²) < 4.78 is 1.19. The van der Waals surface area contributed by atoms with Crippen LogP contribution in [0.1, 0.15) is 18.1 Å². The molecule has 2 rings (SSSR count). The maximum Gasteiger partial charge on any atom is 0.312 e. The summed E-state index contributed by atoms with van der Waals surface area (Å²) in [5.74, 6) is -1.34.